The first-order chi connectivity index (χ1) is 11.4. The Morgan fingerprint density at radius 3 is 1.74 bits per heavy atom. The number of rotatable bonds is 1. The summed E-state index contributed by atoms with van der Waals surface area (Å²) in [5, 5.41) is 0. The van der Waals surface area contributed by atoms with Crippen LogP contribution in [0.5, 0.6) is 5.75 Å². The van der Waals surface area contributed by atoms with E-state index in [4.69, 9.17) is 18.9 Å². The molecule has 0 aromatic carbocycles. The fourth-order valence-electron chi connectivity index (χ4n) is 1.89. The highest BCUT2D eigenvalue weighted by atomic mass is 16.5. The van der Waals surface area contributed by atoms with E-state index < -0.39 is 0 Å². The summed E-state index contributed by atoms with van der Waals surface area (Å²) in [6.07, 6.45) is 3.43. The van der Waals surface area contributed by atoms with Crippen molar-refractivity contribution in [2.45, 2.75) is 0 Å². The Kier molecular flexibility index (Phi) is 8.25. The maximum atomic E-state index is 5.43. The third kappa shape index (κ3) is 7.32. The highest BCUT2D eigenvalue weighted by Gasteiger charge is 2.00. The Morgan fingerprint density at radius 2 is 1.26 bits per heavy atom. The van der Waals surface area contributed by atoms with Crippen molar-refractivity contribution in [2.24, 2.45) is 9.98 Å². The van der Waals surface area contributed by atoms with E-state index in [1.807, 2.05) is 12.1 Å². The summed E-state index contributed by atoms with van der Waals surface area (Å²) in [6.45, 7) is 4.49. The van der Waals surface area contributed by atoms with Crippen LogP contribution in [0.1, 0.15) is 11.4 Å². The molecule has 7 nitrogen and oxygen atoms in total. The van der Waals surface area contributed by atoms with Gasteiger partial charge in [-0.05, 0) is 0 Å². The number of hydrogen-bond acceptors (Lipinski definition) is 7. The zero-order valence-corrected chi connectivity index (χ0v) is 13.4. The van der Waals surface area contributed by atoms with Gasteiger partial charge in [-0.1, -0.05) is 0 Å². The van der Waals surface area contributed by atoms with Gasteiger partial charge in [0.15, 0.2) is 0 Å². The van der Waals surface area contributed by atoms with Gasteiger partial charge in [-0.2, -0.15) is 0 Å². The summed E-state index contributed by atoms with van der Waals surface area (Å²) in [5.74, 6) is 0.724. The lowest BCUT2D eigenvalue weighted by Gasteiger charge is -2.06. The number of nitrogens with zero attached hydrogens (tertiary/aromatic N) is 3. The van der Waals surface area contributed by atoms with E-state index in [1.165, 1.54) is 0 Å². The van der Waals surface area contributed by atoms with Gasteiger partial charge in [0.25, 0.3) is 0 Å². The standard InChI is InChI=1S/C16H23N3O4/c1-20-16-10-14-12-17-2-4-21-6-8-23-9-7-22-5-3-18-13-15(11-16)19-14/h10-13H,2-9H2,1H3. The predicted octanol–water partition coefficient (Wildman–Crippen LogP) is 0.991. The van der Waals surface area contributed by atoms with Gasteiger partial charge in [0.1, 0.15) is 5.75 Å². The van der Waals surface area contributed by atoms with Gasteiger partial charge in [0.2, 0.25) is 0 Å². The number of methoxy groups -OCH3 is 1. The first-order valence-electron chi connectivity index (χ1n) is 7.67. The summed E-state index contributed by atoms with van der Waals surface area (Å²) >= 11 is 0. The first kappa shape index (κ1) is 17.5. The van der Waals surface area contributed by atoms with E-state index in [0.717, 1.165) is 17.1 Å². The number of fused-ring (bicyclic) bond motifs is 2. The minimum Gasteiger partial charge on any atom is -0.497 e. The summed E-state index contributed by atoms with van der Waals surface area (Å²) in [6, 6.07) is 3.66. The molecule has 1 aromatic rings. The first-order valence-corrected chi connectivity index (χ1v) is 7.67. The second kappa shape index (κ2) is 10.8. The van der Waals surface area contributed by atoms with E-state index in [2.05, 4.69) is 15.0 Å². The Hall–Kier alpha value is -1.83. The Morgan fingerprint density at radius 1 is 0.783 bits per heavy atom. The zero-order valence-electron chi connectivity index (χ0n) is 13.4. The molecule has 2 bridgehead atoms. The van der Waals surface area contributed by atoms with Crippen LogP contribution in [0.4, 0.5) is 0 Å². The van der Waals surface area contributed by atoms with Crippen molar-refractivity contribution in [1.82, 2.24) is 4.98 Å². The van der Waals surface area contributed by atoms with Crippen molar-refractivity contribution < 1.29 is 18.9 Å². The quantitative estimate of drug-likeness (QED) is 0.771. The highest BCUT2D eigenvalue weighted by Crippen LogP contribution is 2.11. The van der Waals surface area contributed by atoms with Crippen molar-refractivity contribution >= 4 is 12.4 Å². The Balaban J connectivity index is 2.02. The molecule has 1 aliphatic heterocycles. The molecule has 0 radical (unpaired) electrons. The van der Waals surface area contributed by atoms with Crippen LogP contribution in [-0.4, -0.2) is 77.3 Å². The summed E-state index contributed by atoms with van der Waals surface area (Å²) in [7, 11) is 1.62. The van der Waals surface area contributed by atoms with Gasteiger partial charge >= 0.3 is 0 Å². The normalized spacial score (nSPS) is 18.1. The fourth-order valence-corrected chi connectivity index (χ4v) is 1.89. The smallest absolute Gasteiger partial charge is 0.123 e. The van der Waals surface area contributed by atoms with Crippen molar-refractivity contribution in [1.29, 1.82) is 0 Å². The molecular formula is C16H23N3O4. The number of aromatic nitrogens is 1. The number of aliphatic imine (C=N–C) groups is 2. The zero-order chi connectivity index (χ0) is 16.2. The predicted molar refractivity (Wildman–Crippen MR) is 88.2 cm³/mol. The van der Waals surface area contributed by atoms with E-state index in [9.17, 15) is 0 Å². The summed E-state index contributed by atoms with van der Waals surface area (Å²) < 4.78 is 21.5. The molecule has 0 N–H and O–H groups in total. The van der Waals surface area contributed by atoms with E-state index >= 15 is 0 Å². The van der Waals surface area contributed by atoms with Crippen molar-refractivity contribution in [3.05, 3.63) is 23.5 Å². The van der Waals surface area contributed by atoms with Gasteiger partial charge in [-0.15, -0.1) is 0 Å². The monoisotopic (exact) mass is 321 g/mol. The minimum absolute atomic E-state index is 0.550. The molecule has 0 saturated carbocycles. The van der Waals surface area contributed by atoms with Gasteiger partial charge in [0, 0.05) is 24.6 Å². The Labute approximate surface area is 136 Å². The molecule has 1 aliphatic rings. The van der Waals surface area contributed by atoms with Crippen LogP contribution in [0.15, 0.2) is 22.1 Å². The lowest BCUT2D eigenvalue weighted by Crippen LogP contribution is -2.11. The molecule has 2 rings (SSSR count). The van der Waals surface area contributed by atoms with Crippen LogP contribution in [0.3, 0.4) is 0 Å². The molecule has 0 atom stereocenters. The van der Waals surface area contributed by atoms with Gasteiger partial charge in [-0.3, -0.25) is 9.98 Å². The van der Waals surface area contributed by atoms with Crippen LogP contribution in [0.25, 0.3) is 0 Å². The number of ether oxygens (including phenoxy) is 4. The highest BCUT2D eigenvalue weighted by molar-refractivity contribution is 5.82. The number of hydrogen-bond donors (Lipinski definition) is 0. The van der Waals surface area contributed by atoms with Crippen molar-refractivity contribution in [3.8, 4) is 5.75 Å². The molecule has 7 heteroatoms. The van der Waals surface area contributed by atoms with Crippen LogP contribution < -0.4 is 4.74 Å². The molecule has 0 unspecified atom stereocenters. The van der Waals surface area contributed by atoms with E-state index in [0.29, 0.717) is 52.7 Å². The van der Waals surface area contributed by atoms with Crippen LogP contribution in [0.2, 0.25) is 0 Å². The molecular weight excluding hydrogens is 298 g/mol. The third-order valence-corrected chi connectivity index (χ3v) is 2.99. The average Bonchev–Trinajstić information content (AvgIpc) is 2.57. The summed E-state index contributed by atoms with van der Waals surface area (Å²) in [4.78, 5) is 13.1. The van der Waals surface area contributed by atoms with Gasteiger partial charge in [-0.25, -0.2) is 4.98 Å². The molecule has 0 amide bonds. The average molecular weight is 321 g/mol. The molecule has 0 spiro atoms. The molecule has 23 heavy (non-hydrogen) atoms. The fraction of sp³-hybridized carbons (Fsp3) is 0.562. The topological polar surface area (TPSA) is 74.5 Å². The number of pyridine rings is 1. The molecule has 0 fully saturated rings. The molecule has 126 valence electrons. The third-order valence-electron chi connectivity index (χ3n) is 2.99. The maximum absolute atomic E-state index is 5.43. The van der Waals surface area contributed by atoms with E-state index in [1.54, 1.807) is 19.5 Å². The minimum atomic E-state index is 0.550. The van der Waals surface area contributed by atoms with Crippen molar-refractivity contribution in [2.75, 3.05) is 59.8 Å². The largest absolute Gasteiger partial charge is 0.497 e. The van der Waals surface area contributed by atoms with Crippen LogP contribution >= 0.6 is 0 Å². The van der Waals surface area contributed by atoms with Crippen molar-refractivity contribution in [3.63, 3.8) is 0 Å². The second-order valence-electron chi connectivity index (χ2n) is 4.76. The second-order valence-corrected chi connectivity index (χ2v) is 4.76. The lowest BCUT2D eigenvalue weighted by atomic mass is 10.3. The molecule has 2 heterocycles. The summed E-state index contributed by atoms with van der Waals surface area (Å²) in [5.41, 5.74) is 1.46. The van der Waals surface area contributed by atoms with Crippen LogP contribution in [0, 0.1) is 0 Å². The van der Waals surface area contributed by atoms with E-state index in [-0.39, 0.29) is 0 Å². The van der Waals surface area contributed by atoms with Gasteiger partial charge < -0.3 is 18.9 Å². The SMILES string of the molecule is COc1cc2nc(c1)C=NCCOCCOCCOCCN=C2. The van der Waals surface area contributed by atoms with Crippen LogP contribution in [-0.2, 0) is 14.2 Å². The molecule has 1 aromatic heterocycles. The molecule has 0 saturated heterocycles. The Bertz CT molecular complexity index is 480. The van der Waals surface area contributed by atoms with Gasteiger partial charge in [0.05, 0.1) is 71.2 Å². The lowest BCUT2D eigenvalue weighted by molar-refractivity contribution is 0.0176. The maximum Gasteiger partial charge on any atom is 0.123 e. The molecule has 0 aliphatic carbocycles.